The molecule has 22 heavy (non-hydrogen) atoms. The standard InChI is InChI=1S/C19H30N2O/c1-20-13-16-7-6-12-21(14-16)15-17-8-2-5-11-19(17)22-18-9-3-4-10-18/h2,5,8,11,16,18,20H,3-4,6-7,9-10,12-15H2,1H3. The van der Waals surface area contributed by atoms with Crippen molar-refractivity contribution in [3.8, 4) is 5.75 Å². The minimum absolute atomic E-state index is 0.444. The minimum Gasteiger partial charge on any atom is -0.490 e. The predicted octanol–water partition coefficient (Wildman–Crippen LogP) is 3.44. The molecule has 1 heterocycles. The van der Waals surface area contributed by atoms with Gasteiger partial charge in [0.2, 0.25) is 0 Å². The molecule has 3 heteroatoms. The molecule has 0 amide bonds. The lowest BCUT2D eigenvalue weighted by Crippen LogP contribution is -2.38. The molecule has 1 aromatic rings. The second-order valence-corrected chi connectivity index (χ2v) is 6.93. The second-order valence-electron chi connectivity index (χ2n) is 6.93. The van der Waals surface area contributed by atoms with Crippen LogP contribution in [-0.4, -0.2) is 37.7 Å². The molecule has 1 aliphatic carbocycles. The first-order chi connectivity index (χ1) is 10.8. The zero-order chi connectivity index (χ0) is 15.2. The summed E-state index contributed by atoms with van der Waals surface area (Å²) in [6.07, 6.45) is 8.22. The van der Waals surface area contributed by atoms with Crippen LogP contribution in [0.3, 0.4) is 0 Å². The van der Waals surface area contributed by atoms with E-state index in [1.54, 1.807) is 0 Å². The molecule has 0 bridgehead atoms. The Bertz CT molecular complexity index is 455. The van der Waals surface area contributed by atoms with E-state index < -0.39 is 0 Å². The lowest BCUT2D eigenvalue weighted by Gasteiger charge is -2.33. The van der Waals surface area contributed by atoms with Crippen molar-refractivity contribution < 1.29 is 4.74 Å². The van der Waals surface area contributed by atoms with E-state index in [0.717, 1.165) is 24.8 Å². The molecule has 3 nitrogen and oxygen atoms in total. The van der Waals surface area contributed by atoms with Gasteiger partial charge in [0.1, 0.15) is 5.75 Å². The fourth-order valence-electron chi connectivity index (χ4n) is 3.93. The van der Waals surface area contributed by atoms with Gasteiger partial charge in [-0.25, -0.2) is 0 Å². The molecule has 122 valence electrons. The molecule has 1 atom stereocenters. The van der Waals surface area contributed by atoms with Crippen molar-refractivity contribution in [1.29, 1.82) is 0 Å². The minimum atomic E-state index is 0.444. The van der Waals surface area contributed by atoms with Crippen LogP contribution < -0.4 is 10.1 Å². The first kappa shape index (κ1) is 15.8. The molecule has 1 aliphatic heterocycles. The van der Waals surface area contributed by atoms with E-state index in [0.29, 0.717) is 6.10 Å². The van der Waals surface area contributed by atoms with Gasteiger partial charge < -0.3 is 10.1 Å². The SMILES string of the molecule is CNCC1CCCN(Cc2ccccc2OC2CCCC2)C1. The van der Waals surface area contributed by atoms with Crippen molar-refractivity contribution in [2.45, 2.75) is 51.2 Å². The molecular weight excluding hydrogens is 272 g/mol. The van der Waals surface area contributed by atoms with Gasteiger partial charge in [-0.1, -0.05) is 18.2 Å². The third-order valence-electron chi connectivity index (χ3n) is 5.06. The maximum Gasteiger partial charge on any atom is 0.124 e. The Labute approximate surface area is 135 Å². The van der Waals surface area contributed by atoms with Crippen LogP contribution in [0, 0.1) is 5.92 Å². The summed E-state index contributed by atoms with van der Waals surface area (Å²) in [5, 5.41) is 3.33. The summed E-state index contributed by atoms with van der Waals surface area (Å²) < 4.78 is 6.28. The van der Waals surface area contributed by atoms with Crippen molar-refractivity contribution in [1.82, 2.24) is 10.2 Å². The number of likely N-dealkylation sites (tertiary alicyclic amines) is 1. The van der Waals surface area contributed by atoms with Crippen LogP contribution in [-0.2, 0) is 6.54 Å². The number of piperidine rings is 1. The van der Waals surface area contributed by atoms with Gasteiger partial charge in [-0.3, -0.25) is 4.90 Å². The molecule has 2 fully saturated rings. The highest BCUT2D eigenvalue weighted by Crippen LogP contribution is 2.28. The van der Waals surface area contributed by atoms with E-state index in [4.69, 9.17) is 4.74 Å². The van der Waals surface area contributed by atoms with Gasteiger partial charge in [0, 0.05) is 18.7 Å². The Kier molecular flexibility index (Phi) is 5.74. The van der Waals surface area contributed by atoms with Gasteiger partial charge in [-0.2, -0.15) is 0 Å². The van der Waals surface area contributed by atoms with E-state index in [1.165, 1.54) is 57.2 Å². The van der Waals surface area contributed by atoms with Crippen molar-refractivity contribution >= 4 is 0 Å². The fraction of sp³-hybridized carbons (Fsp3) is 0.684. The van der Waals surface area contributed by atoms with Crippen LogP contribution in [0.4, 0.5) is 0 Å². The number of rotatable bonds is 6. The molecule has 0 radical (unpaired) electrons. The Hall–Kier alpha value is -1.06. The monoisotopic (exact) mass is 302 g/mol. The van der Waals surface area contributed by atoms with Gasteiger partial charge >= 0.3 is 0 Å². The summed E-state index contributed by atoms with van der Waals surface area (Å²) in [5.74, 6) is 1.91. The number of hydrogen-bond acceptors (Lipinski definition) is 3. The number of para-hydroxylation sites is 1. The number of benzene rings is 1. The fourth-order valence-corrected chi connectivity index (χ4v) is 3.93. The van der Waals surface area contributed by atoms with Crippen LogP contribution in [0.2, 0.25) is 0 Å². The number of nitrogens with zero attached hydrogens (tertiary/aromatic N) is 1. The van der Waals surface area contributed by atoms with E-state index in [-0.39, 0.29) is 0 Å². The number of nitrogens with one attached hydrogen (secondary N) is 1. The highest BCUT2D eigenvalue weighted by molar-refractivity contribution is 5.33. The Balaban J connectivity index is 1.61. The van der Waals surface area contributed by atoms with Crippen molar-refractivity contribution in [2.24, 2.45) is 5.92 Å². The summed E-state index contributed by atoms with van der Waals surface area (Å²) in [6, 6.07) is 8.65. The Morgan fingerprint density at radius 3 is 2.77 bits per heavy atom. The lowest BCUT2D eigenvalue weighted by molar-refractivity contribution is 0.160. The summed E-state index contributed by atoms with van der Waals surface area (Å²) in [5.41, 5.74) is 1.36. The van der Waals surface area contributed by atoms with E-state index in [9.17, 15) is 0 Å². The van der Waals surface area contributed by atoms with E-state index in [1.807, 2.05) is 0 Å². The summed E-state index contributed by atoms with van der Waals surface area (Å²) in [4.78, 5) is 2.60. The maximum atomic E-state index is 6.28. The molecule has 1 aromatic carbocycles. The quantitative estimate of drug-likeness (QED) is 0.871. The van der Waals surface area contributed by atoms with Crippen LogP contribution in [0.5, 0.6) is 5.75 Å². The van der Waals surface area contributed by atoms with Gasteiger partial charge in [-0.15, -0.1) is 0 Å². The molecule has 1 unspecified atom stereocenters. The topological polar surface area (TPSA) is 24.5 Å². The van der Waals surface area contributed by atoms with Gasteiger partial charge in [0.05, 0.1) is 6.10 Å². The molecule has 1 N–H and O–H groups in total. The highest BCUT2D eigenvalue weighted by Gasteiger charge is 2.22. The predicted molar refractivity (Wildman–Crippen MR) is 91.3 cm³/mol. The smallest absolute Gasteiger partial charge is 0.124 e. The average molecular weight is 302 g/mol. The lowest BCUT2D eigenvalue weighted by atomic mass is 9.97. The van der Waals surface area contributed by atoms with Crippen LogP contribution in [0.1, 0.15) is 44.1 Å². The zero-order valence-electron chi connectivity index (χ0n) is 13.9. The number of hydrogen-bond donors (Lipinski definition) is 1. The molecule has 2 aliphatic rings. The molecule has 0 spiro atoms. The van der Waals surface area contributed by atoms with Crippen LogP contribution in [0.15, 0.2) is 24.3 Å². The van der Waals surface area contributed by atoms with E-state index >= 15 is 0 Å². The Morgan fingerprint density at radius 2 is 1.95 bits per heavy atom. The van der Waals surface area contributed by atoms with Gasteiger partial charge in [-0.05, 0) is 70.6 Å². The summed E-state index contributed by atoms with van der Waals surface area (Å²) >= 11 is 0. The summed E-state index contributed by atoms with van der Waals surface area (Å²) in [6.45, 7) is 4.59. The van der Waals surface area contributed by atoms with Gasteiger partial charge in [0.15, 0.2) is 0 Å². The normalized spacial score (nSPS) is 23.8. The van der Waals surface area contributed by atoms with Crippen LogP contribution in [0.25, 0.3) is 0 Å². The molecule has 3 rings (SSSR count). The highest BCUT2D eigenvalue weighted by atomic mass is 16.5. The molecule has 1 saturated carbocycles. The second kappa shape index (κ2) is 7.98. The van der Waals surface area contributed by atoms with E-state index in [2.05, 4.69) is 41.5 Å². The maximum absolute atomic E-state index is 6.28. The largest absolute Gasteiger partial charge is 0.490 e. The number of ether oxygens (including phenoxy) is 1. The van der Waals surface area contributed by atoms with Crippen LogP contribution >= 0.6 is 0 Å². The average Bonchev–Trinajstić information content (AvgIpc) is 3.03. The Morgan fingerprint density at radius 1 is 1.14 bits per heavy atom. The first-order valence-electron chi connectivity index (χ1n) is 8.96. The van der Waals surface area contributed by atoms with Crippen molar-refractivity contribution in [2.75, 3.05) is 26.7 Å². The van der Waals surface area contributed by atoms with Gasteiger partial charge in [0.25, 0.3) is 0 Å². The third-order valence-corrected chi connectivity index (χ3v) is 5.06. The molecule has 1 saturated heterocycles. The third kappa shape index (κ3) is 4.23. The summed E-state index contributed by atoms with van der Waals surface area (Å²) in [7, 11) is 2.06. The molecular formula is C19H30N2O. The first-order valence-corrected chi connectivity index (χ1v) is 8.96. The molecule has 0 aromatic heterocycles. The van der Waals surface area contributed by atoms with Crippen molar-refractivity contribution in [3.63, 3.8) is 0 Å². The van der Waals surface area contributed by atoms with Crippen molar-refractivity contribution in [3.05, 3.63) is 29.8 Å². The zero-order valence-corrected chi connectivity index (χ0v) is 13.9.